The third kappa shape index (κ3) is 6.21. The fourth-order valence-electron chi connectivity index (χ4n) is 4.34. The highest BCUT2D eigenvalue weighted by molar-refractivity contribution is 6.30. The van der Waals surface area contributed by atoms with Gasteiger partial charge in [-0.15, -0.1) is 0 Å². The van der Waals surface area contributed by atoms with Crippen molar-refractivity contribution in [3.63, 3.8) is 0 Å². The first-order valence-corrected chi connectivity index (χ1v) is 12.0. The molecule has 0 aromatic heterocycles. The van der Waals surface area contributed by atoms with Crippen LogP contribution >= 0.6 is 11.6 Å². The molecule has 1 fully saturated rings. The number of benzene rings is 3. The van der Waals surface area contributed by atoms with Gasteiger partial charge >= 0.3 is 0 Å². The van der Waals surface area contributed by atoms with Crippen molar-refractivity contribution in [1.29, 1.82) is 0 Å². The lowest BCUT2D eigenvalue weighted by Crippen LogP contribution is -2.37. The molecule has 4 rings (SSSR count). The summed E-state index contributed by atoms with van der Waals surface area (Å²) in [5.41, 5.74) is 3.66. The standard InChI is InChI=1S/C28H33ClN2O2/c1-20(2)22-7-5-9-27(15-22)33-28-17-30-16-23(28)19-31(25-12-10-24(29)11-13-25)18-21-6-4-8-26(14-21)32-3/h4-15,20,23,28,30H,16-19H2,1-3H3. The molecule has 2 unspecified atom stereocenters. The summed E-state index contributed by atoms with van der Waals surface area (Å²) in [6.07, 6.45) is 0.118. The zero-order chi connectivity index (χ0) is 23.2. The normalized spacial score (nSPS) is 17.8. The van der Waals surface area contributed by atoms with E-state index in [2.05, 4.69) is 72.6 Å². The van der Waals surface area contributed by atoms with E-state index in [1.165, 1.54) is 11.1 Å². The van der Waals surface area contributed by atoms with Crippen LogP contribution in [0.15, 0.2) is 72.8 Å². The fraction of sp³-hybridized carbons (Fsp3) is 0.357. The Morgan fingerprint density at radius 1 is 0.970 bits per heavy atom. The minimum absolute atomic E-state index is 0.118. The Kier molecular flexibility index (Phi) is 7.79. The van der Waals surface area contributed by atoms with E-state index in [-0.39, 0.29) is 6.10 Å². The molecule has 0 amide bonds. The van der Waals surface area contributed by atoms with Crippen molar-refractivity contribution in [2.75, 3.05) is 31.6 Å². The zero-order valence-corrected chi connectivity index (χ0v) is 20.4. The van der Waals surface area contributed by atoms with Crippen molar-refractivity contribution >= 4 is 17.3 Å². The number of methoxy groups -OCH3 is 1. The highest BCUT2D eigenvalue weighted by atomic mass is 35.5. The van der Waals surface area contributed by atoms with E-state index in [9.17, 15) is 0 Å². The third-order valence-electron chi connectivity index (χ3n) is 6.24. The number of halogens is 1. The molecular weight excluding hydrogens is 432 g/mol. The molecule has 0 spiro atoms. The SMILES string of the molecule is COc1cccc(CN(CC2CNCC2Oc2cccc(C(C)C)c2)c2ccc(Cl)cc2)c1. The number of nitrogens with zero attached hydrogens (tertiary/aromatic N) is 1. The minimum atomic E-state index is 0.118. The first-order chi connectivity index (χ1) is 16.0. The Balaban J connectivity index is 1.52. The van der Waals surface area contributed by atoms with Crippen molar-refractivity contribution in [3.8, 4) is 11.5 Å². The Morgan fingerprint density at radius 3 is 2.48 bits per heavy atom. The van der Waals surface area contributed by atoms with Gasteiger partial charge in [0, 0.05) is 42.8 Å². The smallest absolute Gasteiger partial charge is 0.120 e. The molecule has 174 valence electrons. The first-order valence-electron chi connectivity index (χ1n) is 11.6. The first kappa shape index (κ1) is 23.5. The van der Waals surface area contributed by atoms with E-state index in [1.54, 1.807) is 7.11 Å². The molecule has 0 bridgehead atoms. The molecule has 0 aliphatic carbocycles. The topological polar surface area (TPSA) is 33.7 Å². The summed E-state index contributed by atoms with van der Waals surface area (Å²) in [6, 6.07) is 24.8. The van der Waals surface area contributed by atoms with Crippen molar-refractivity contribution in [2.24, 2.45) is 5.92 Å². The van der Waals surface area contributed by atoms with Gasteiger partial charge < -0.3 is 19.7 Å². The third-order valence-corrected chi connectivity index (χ3v) is 6.50. The van der Waals surface area contributed by atoms with Crippen molar-refractivity contribution in [2.45, 2.75) is 32.4 Å². The van der Waals surface area contributed by atoms with Crippen LogP contribution in [0.25, 0.3) is 0 Å². The summed E-state index contributed by atoms with van der Waals surface area (Å²) in [5, 5.41) is 4.28. The van der Waals surface area contributed by atoms with Crippen LogP contribution in [0.4, 0.5) is 5.69 Å². The average molecular weight is 465 g/mol. The maximum Gasteiger partial charge on any atom is 0.120 e. The summed E-state index contributed by atoms with van der Waals surface area (Å²) in [4.78, 5) is 2.41. The van der Waals surface area contributed by atoms with Crippen molar-refractivity contribution in [3.05, 3.63) is 88.9 Å². The highest BCUT2D eigenvalue weighted by Crippen LogP contribution is 2.27. The van der Waals surface area contributed by atoms with Crippen molar-refractivity contribution in [1.82, 2.24) is 5.32 Å². The second kappa shape index (κ2) is 11.0. The summed E-state index contributed by atoms with van der Waals surface area (Å²) in [5.74, 6) is 2.66. The molecule has 1 heterocycles. The average Bonchev–Trinajstić information content (AvgIpc) is 3.26. The van der Waals surface area contributed by atoms with Gasteiger partial charge in [-0.1, -0.05) is 49.7 Å². The van der Waals surface area contributed by atoms with Gasteiger partial charge in [0.15, 0.2) is 0 Å². The Labute approximate surface area is 202 Å². The lowest BCUT2D eigenvalue weighted by atomic mass is 10.0. The molecule has 0 saturated carbocycles. The van der Waals surface area contributed by atoms with Crippen LogP contribution in [-0.4, -0.2) is 32.8 Å². The quantitative estimate of drug-likeness (QED) is 0.412. The van der Waals surface area contributed by atoms with Gasteiger partial charge in [0.25, 0.3) is 0 Å². The van der Waals surface area contributed by atoms with Gasteiger partial charge in [-0.3, -0.25) is 0 Å². The molecule has 2 atom stereocenters. The summed E-state index contributed by atoms with van der Waals surface area (Å²) >= 11 is 6.17. The molecule has 4 nitrogen and oxygen atoms in total. The highest BCUT2D eigenvalue weighted by Gasteiger charge is 2.31. The maximum absolute atomic E-state index is 6.49. The van der Waals surface area contributed by atoms with E-state index in [0.717, 1.165) is 48.4 Å². The van der Waals surface area contributed by atoms with E-state index in [0.29, 0.717) is 11.8 Å². The van der Waals surface area contributed by atoms with E-state index < -0.39 is 0 Å². The molecule has 5 heteroatoms. The molecule has 1 aliphatic rings. The van der Waals surface area contributed by atoms with Gasteiger partial charge in [0.1, 0.15) is 17.6 Å². The predicted molar refractivity (Wildman–Crippen MR) is 137 cm³/mol. The second-order valence-electron chi connectivity index (χ2n) is 9.01. The second-order valence-corrected chi connectivity index (χ2v) is 9.45. The molecule has 1 saturated heterocycles. The van der Waals surface area contributed by atoms with Crippen LogP contribution in [-0.2, 0) is 6.54 Å². The van der Waals surface area contributed by atoms with Crippen LogP contribution in [0.5, 0.6) is 11.5 Å². The Hall–Kier alpha value is -2.69. The lowest BCUT2D eigenvalue weighted by Gasteiger charge is -2.30. The van der Waals surface area contributed by atoms with Crippen LogP contribution in [0.3, 0.4) is 0 Å². The molecule has 33 heavy (non-hydrogen) atoms. The number of rotatable bonds is 9. The van der Waals surface area contributed by atoms with Crippen molar-refractivity contribution < 1.29 is 9.47 Å². The molecule has 3 aromatic carbocycles. The number of nitrogens with one attached hydrogen (secondary N) is 1. The number of hydrogen-bond donors (Lipinski definition) is 1. The number of hydrogen-bond acceptors (Lipinski definition) is 4. The molecule has 0 radical (unpaired) electrons. The van der Waals surface area contributed by atoms with E-state index in [4.69, 9.17) is 21.1 Å². The van der Waals surface area contributed by atoms with Gasteiger partial charge in [-0.05, 0) is 65.6 Å². The van der Waals surface area contributed by atoms with Crippen LogP contribution in [0.2, 0.25) is 5.02 Å². The molecule has 3 aromatic rings. The number of ether oxygens (including phenoxy) is 2. The minimum Gasteiger partial charge on any atom is -0.497 e. The monoisotopic (exact) mass is 464 g/mol. The fourth-order valence-corrected chi connectivity index (χ4v) is 4.46. The maximum atomic E-state index is 6.49. The largest absolute Gasteiger partial charge is 0.497 e. The van der Waals surface area contributed by atoms with Crippen LogP contribution in [0, 0.1) is 5.92 Å². The summed E-state index contributed by atoms with van der Waals surface area (Å²) in [7, 11) is 1.70. The van der Waals surface area contributed by atoms with E-state index >= 15 is 0 Å². The zero-order valence-electron chi connectivity index (χ0n) is 19.6. The van der Waals surface area contributed by atoms with Crippen LogP contribution < -0.4 is 19.7 Å². The summed E-state index contributed by atoms with van der Waals surface area (Å²) < 4.78 is 11.9. The van der Waals surface area contributed by atoms with Gasteiger partial charge in [-0.25, -0.2) is 0 Å². The lowest BCUT2D eigenvalue weighted by molar-refractivity contribution is 0.175. The van der Waals surface area contributed by atoms with Gasteiger partial charge in [-0.2, -0.15) is 0 Å². The molecule has 1 N–H and O–H groups in total. The summed E-state index contributed by atoms with van der Waals surface area (Å²) in [6.45, 7) is 7.86. The van der Waals surface area contributed by atoms with Gasteiger partial charge in [0.05, 0.1) is 7.11 Å². The Bertz CT molecular complexity index is 1040. The molecular formula is C28H33ClN2O2. The molecule has 1 aliphatic heterocycles. The number of anilines is 1. The van der Waals surface area contributed by atoms with Crippen LogP contribution in [0.1, 0.15) is 30.9 Å². The van der Waals surface area contributed by atoms with E-state index in [1.807, 2.05) is 24.3 Å². The predicted octanol–water partition coefficient (Wildman–Crippen LogP) is 6.15. The Morgan fingerprint density at radius 2 is 1.73 bits per heavy atom. The van der Waals surface area contributed by atoms with Gasteiger partial charge in [0.2, 0.25) is 0 Å².